The smallest absolute Gasteiger partial charge is 0.347 e. The summed E-state index contributed by atoms with van der Waals surface area (Å²) in [5.74, 6) is -0.631. The van der Waals surface area contributed by atoms with Gasteiger partial charge in [0.2, 0.25) is 0 Å². The van der Waals surface area contributed by atoms with Crippen LogP contribution in [0.2, 0.25) is 0 Å². The van der Waals surface area contributed by atoms with E-state index in [1.807, 2.05) is 0 Å². The van der Waals surface area contributed by atoms with E-state index in [0.717, 1.165) is 30.2 Å². The molecule has 0 radical (unpaired) electrons. The van der Waals surface area contributed by atoms with Crippen molar-refractivity contribution in [2.45, 2.75) is 71.3 Å². The molecule has 1 aromatic rings. The monoisotopic (exact) mass is 310 g/mol. The van der Waals surface area contributed by atoms with Gasteiger partial charge in [0.15, 0.2) is 5.13 Å². The van der Waals surface area contributed by atoms with E-state index in [1.165, 1.54) is 37.0 Å². The molecule has 2 atom stereocenters. The molecule has 1 aliphatic heterocycles. The average molecular weight is 310 g/mol. The summed E-state index contributed by atoms with van der Waals surface area (Å²) in [6.07, 6.45) is 6.91. The lowest BCUT2D eigenvalue weighted by Crippen LogP contribution is -2.39. The maximum absolute atomic E-state index is 11.5. The maximum Gasteiger partial charge on any atom is 0.347 e. The number of aromatic nitrogens is 1. The molecule has 4 nitrogen and oxygen atoms in total. The number of piperidine rings is 1. The fourth-order valence-electron chi connectivity index (χ4n) is 3.01. The highest BCUT2D eigenvalue weighted by atomic mass is 32.1. The van der Waals surface area contributed by atoms with E-state index in [1.54, 1.807) is 0 Å². The van der Waals surface area contributed by atoms with Crippen molar-refractivity contribution in [3.05, 3.63) is 10.6 Å². The molecule has 5 heteroatoms. The van der Waals surface area contributed by atoms with Crippen LogP contribution in [-0.4, -0.2) is 28.6 Å². The normalized spacial score (nSPS) is 20.5. The van der Waals surface area contributed by atoms with Crippen LogP contribution in [-0.2, 0) is 0 Å². The van der Waals surface area contributed by atoms with Gasteiger partial charge in [-0.2, -0.15) is 0 Å². The molecule has 21 heavy (non-hydrogen) atoms. The van der Waals surface area contributed by atoms with Crippen LogP contribution in [0.15, 0.2) is 0 Å². The number of carboxylic acid groups (broad SMARTS) is 1. The van der Waals surface area contributed by atoms with Gasteiger partial charge in [0, 0.05) is 12.6 Å². The predicted molar refractivity (Wildman–Crippen MR) is 87.7 cm³/mol. The van der Waals surface area contributed by atoms with Crippen LogP contribution in [0.5, 0.6) is 0 Å². The molecule has 1 aliphatic rings. The number of hydrogen-bond acceptors (Lipinski definition) is 4. The van der Waals surface area contributed by atoms with Crippen LogP contribution < -0.4 is 4.90 Å². The van der Waals surface area contributed by atoms with Crippen LogP contribution in [0, 0.1) is 0 Å². The van der Waals surface area contributed by atoms with Crippen molar-refractivity contribution in [3.8, 4) is 0 Å². The van der Waals surface area contributed by atoms with Gasteiger partial charge in [-0.1, -0.05) is 38.5 Å². The Hall–Kier alpha value is -1.10. The minimum atomic E-state index is -0.835. The molecule has 0 saturated carbocycles. The zero-order valence-corrected chi connectivity index (χ0v) is 14.1. The second-order valence-corrected chi connectivity index (χ2v) is 6.93. The minimum Gasteiger partial charge on any atom is -0.477 e. The topological polar surface area (TPSA) is 53.4 Å². The van der Waals surface area contributed by atoms with E-state index in [-0.39, 0.29) is 5.92 Å². The molecule has 1 saturated heterocycles. The molecular weight excluding hydrogens is 284 g/mol. The first-order valence-corrected chi connectivity index (χ1v) is 8.90. The third-order valence-corrected chi connectivity index (χ3v) is 5.51. The fourth-order valence-corrected chi connectivity index (χ4v) is 4.13. The third-order valence-electron chi connectivity index (χ3n) is 4.41. The number of anilines is 1. The molecule has 0 spiro atoms. The van der Waals surface area contributed by atoms with E-state index in [0.29, 0.717) is 10.9 Å². The third kappa shape index (κ3) is 3.57. The zero-order valence-electron chi connectivity index (χ0n) is 13.3. The Bertz CT molecular complexity index is 485. The molecular formula is C16H26N2O2S. The second-order valence-electron chi connectivity index (χ2n) is 5.96. The molecule has 2 heterocycles. The fraction of sp³-hybridized carbons (Fsp3) is 0.750. The van der Waals surface area contributed by atoms with E-state index >= 15 is 0 Å². The van der Waals surface area contributed by atoms with Gasteiger partial charge >= 0.3 is 5.97 Å². The zero-order chi connectivity index (χ0) is 15.4. The summed E-state index contributed by atoms with van der Waals surface area (Å²) in [7, 11) is 0. The number of aromatic carboxylic acids is 1. The summed E-state index contributed by atoms with van der Waals surface area (Å²) in [5.41, 5.74) is 0.769. The molecule has 0 bridgehead atoms. The second kappa shape index (κ2) is 7.25. The Morgan fingerprint density at radius 1 is 1.48 bits per heavy atom. The Balaban J connectivity index is 2.31. The number of rotatable bonds is 6. The highest BCUT2D eigenvalue weighted by Crippen LogP contribution is 2.35. The lowest BCUT2D eigenvalue weighted by Gasteiger charge is -2.35. The van der Waals surface area contributed by atoms with Crippen LogP contribution in [0.4, 0.5) is 5.13 Å². The van der Waals surface area contributed by atoms with Gasteiger partial charge in [-0.05, 0) is 38.0 Å². The van der Waals surface area contributed by atoms with Gasteiger partial charge in [0.25, 0.3) is 0 Å². The summed E-state index contributed by atoms with van der Waals surface area (Å²) in [6.45, 7) is 7.36. The number of carboxylic acids is 1. The lowest BCUT2D eigenvalue weighted by atomic mass is 9.99. The van der Waals surface area contributed by atoms with Crippen molar-refractivity contribution in [1.29, 1.82) is 0 Å². The standard InChI is InChI=1S/C16H26N2O2S/c1-4-8-12-9-6-7-10-18(12)16-17-13(11(3)5-2)14(21-16)15(19)20/h11-12H,4-10H2,1-3H3,(H,19,20). The van der Waals surface area contributed by atoms with Crippen LogP contribution >= 0.6 is 11.3 Å². The molecule has 1 fully saturated rings. The molecule has 0 aliphatic carbocycles. The van der Waals surface area contributed by atoms with Gasteiger partial charge in [0.05, 0.1) is 5.69 Å². The Labute approximate surface area is 131 Å². The maximum atomic E-state index is 11.5. The Morgan fingerprint density at radius 2 is 2.24 bits per heavy atom. The van der Waals surface area contributed by atoms with Crippen molar-refractivity contribution in [1.82, 2.24) is 4.98 Å². The Morgan fingerprint density at radius 3 is 2.86 bits per heavy atom. The summed E-state index contributed by atoms with van der Waals surface area (Å²) in [6, 6.07) is 0.529. The van der Waals surface area contributed by atoms with Crippen LogP contribution in [0.3, 0.4) is 0 Å². The molecule has 1 N–H and O–H groups in total. The van der Waals surface area contributed by atoms with Crippen molar-refractivity contribution >= 4 is 22.4 Å². The highest BCUT2D eigenvalue weighted by Gasteiger charge is 2.28. The lowest BCUT2D eigenvalue weighted by molar-refractivity contribution is 0.0700. The molecule has 118 valence electrons. The Kier molecular flexibility index (Phi) is 5.62. The quantitative estimate of drug-likeness (QED) is 0.839. The summed E-state index contributed by atoms with van der Waals surface area (Å²) in [5, 5.41) is 10.4. The highest BCUT2D eigenvalue weighted by molar-refractivity contribution is 7.17. The SMILES string of the molecule is CCCC1CCCCN1c1nc(C(C)CC)c(C(=O)O)s1. The first-order chi connectivity index (χ1) is 10.1. The number of hydrogen-bond donors (Lipinski definition) is 1. The molecule has 2 unspecified atom stereocenters. The van der Waals surface area contributed by atoms with E-state index in [2.05, 4.69) is 25.7 Å². The van der Waals surface area contributed by atoms with E-state index in [4.69, 9.17) is 4.98 Å². The largest absolute Gasteiger partial charge is 0.477 e. The van der Waals surface area contributed by atoms with Crippen molar-refractivity contribution < 1.29 is 9.90 Å². The predicted octanol–water partition coefficient (Wildman–Crippen LogP) is 4.51. The number of nitrogens with zero attached hydrogens (tertiary/aromatic N) is 2. The van der Waals surface area contributed by atoms with Crippen LogP contribution in [0.1, 0.15) is 80.6 Å². The van der Waals surface area contributed by atoms with Crippen molar-refractivity contribution in [2.75, 3.05) is 11.4 Å². The van der Waals surface area contributed by atoms with Gasteiger partial charge in [-0.15, -0.1) is 0 Å². The van der Waals surface area contributed by atoms with Gasteiger partial charge in [-0.3, -0.25) is 0 Å². The first-order valence-electron chi connectivity index (χ1n) is 8.09. The van der Waals surface area contributed by atoms with E-state index < -0.39 is 5.97 Å². The summed E-state index contributed by atoms with van der Waals surface area (Å²) < 4.78 is 0. The van der Waals surface area contributed by atoms with E-state index in [9.17, 15) is 9.90 Å². The van der Waals surface area contributed by atoms with Crippen molar-refractivity contribution in [3.63, 3.8) is 0 Å². The van der Waals surface area contributed by atoms with Gasteiger partial charge in [-0.25, -0.2) is 9.78 Å². The molecule has 0 aromatic carbocycles. The number of carbonyl (C=O) groups is 1. The van der Waals surface area contributed by atoms with Crippen LogP contribution in [0.25, 0.3) is 0 Å². The average Bonchev–Trinajstić information content (AvgIpc) is 2.92. The van der Waals surface area contributed by atoms with Gasteiger partial charge in [0.1, 0.15) is 4.88 Å². The number of thiazole rings is 1. The molecule has 2 rings (SSSR count). The summed E-state index contributed by atoms with van der Waals surface area (Å²) >= 11 is 1.36. The molecule has 1 aromatic heterocycles. The summed E-state index contributed by atoms with van der Waals surface area (Å²) in [4.78, 5) is 19.0. The molecule has 0 amide bonds. The first kappa shape index (κ1) is 16.3. The minimum absolute atomic E-state index is 0.204. The van der Waals surface area contributed by atoms with Crippen molar-refractivity contribution in [2.24, 2.45) is 0 Å². The van der Waals surface area contributed by atoms with Gasteiger partial charge < -0.3 is 10.0 Å².